The van der Waals surface area contributed by atoms with E-state index >= 15 is 0 Å². The molecule has 1 unspecified atom stereocenters. The molecule has 0 aromatic heterocycles. The molecule has 1 aromatic rings. The molecular weight excluding hydrogens is 344 g/mol. The van der Waals surface area contributed by atoms with Crippen LogP contribution >= 0.6 is 7.60 Å². The number of hydrogen-bond donors (Lipinski definition) is 0. The Hall–Kier alpha value is -1.23. The van der Waals surface area contributed by atoms with Crippen LogP contribution in [0.4, 0.5) is 4.39 Å². The van der Waals surface area contributed by atoms with Gasteiger partial charge < -0.3 is 13.9 Å². The van der Waals surface area contributed by atoms with Crippen molar-refractivity contribution < 1.29 is 22.8 Å². The average molecular weight is 369 g/mol. The quantitative estimate of drug-likeness (QED) is 0.702. The molecule has 2 fully saturated rings. The number of carbonyl (C=O) groups excluding carboxylic acids is 1. The van der Waals surface area contributed by atoms with Crippen molar-refractivity contribution in [1.82, 2.24) is 4.90 Å². The van der Waals surface area contributed by atoms with Crippen LogP contribution in [0.5, 0.6) is 0 Å². The monoisotopic (exact) mass is 369 g/mol. The summed E-state index contributed by atoms with van der Waals surface area (Å²) in [7, 11) is -3.47. The largest absolute Gasteiger partial charge is 0.343 e. The van der Waals surface area contributed by atoms with Gasteiger partial charge in [-0.2, -0.15) is 0 Å². The molecule has 5 nitrogen and oxygen atoms in total. The van der Waals surface area contributed by atoms with Crippen molar-refractivity contribution in [2.75, 3.05) is 13.2 Å². The smallest absolute Gasteiger partial charge is 0.332 e. The number of benzene rings is 1. The van der Waals surface area contributed by atoms with Gasteiger partial charge in [0.05, 0.1) is 19.3 Å². The zero-order valence-corrected chi connectivity index (χ0v) is 15.6. The van der Waals surface area contributed by atoms with E-state index < -0.39 is 13.3 Å². The van der Waals surface area contributed by atoms with Crippen LogP contribution in [-0.2, 0) is 18.4 Å². The molecule has 7 heteroatoms. The van der Waals surface area contributed by atoms with Crippen LogP contribution in [0.3, 0.4) is 0 Å². The Morgan fingerprint density at radius 3 is 2.40 bits per heavy atom. The van der Waals surface area contributed by atoms with E-state index in [1.165, 1.54) is 12.1 Å². The number of amides is 1. The van der Waals surface area contributed by atoms with Crippen molar-refractivity contribution >= 4 is 13.5 Å². The molecule has 3 rings (SSSR count). The number of carbonyl (C=O) groups is 1. The van der Waals surface area contributed by atoms with Crippen molar-refractivity contribution in [2.24, 2.45) is 0 Å². The number of fused-ring (bicyclic) bond motifs is 1. The summed E-state index contributed by atoms with van der Waals surface area (Å²) in [6.45, 7) is 3.99. The zero-order chi connectivity index (χ0) is 18.0. The molecule has 0 radical (unpaired) electrons. The first-order valence-corrected chi connectivity index (χ1v) is 10.6. The molecule has 2 heterocycles. The minimum Gasteiger partial charge on any atom is -0.332 e. The van der Waals surface area contributed by atoms with Crippen LogP contribution in [0.25, 0.3) is 0 Å². The molecular formula is C18H25FNO4P. The number of piperidine rings is 1. The summed E-state index contributed by atoms with van der Waals surface area (Å²) in [6.07, 6.45) is 3.19. The van der Waals surface area contributed by atoms with Crippen molar-refractivity contribution in [3.8, 4) is 0 Å². The van der Waals surface area contributed by atoms with E-state index in [2.05, 4.69) is 0 Å². The summed E-state index contributed by atoms with van der Waals surface area (Å²) in [5, 5.41) is 0. The Labute approximate surface area is 148 Å². The van der Waals surface area contributed by atoms with Gasteiger partial charge in [0, 0.05) is 6.04 Å². The summed E-state index contributed by atoms with van der Waals surface area (Å²) in [4.78, 5) is 14.9. The number of halogens is 1. The Morgan fingerprint density at radius 1 is 1.16 bits per heavy atom. The van der Waals surface area contributed by atoms with Crippen molar-refractivity contribution in [3.05, 3.63) is 35.6 Å². The minimum atomic E-state index is -3.47. The predicted octanol–water partition coefficient (Wildman–Crippen LogP) is 4.29. The van der Waals surface area contributed by atoms with Crippen LogP contribution in [0.1, 0.15) is 51.1 Å². The fraction of sp³-hybridized carbons (Fsp3) is 0.611. The van der Waals surface area contributed by atoms with Crippen LogP contribution in [0.2, 0.25) is 0 Å². The molecule has 0 aliphatic carbocycles. The Balaban J connectivity index is 1.88. The van der Waals surface area contributed by atoms with E-state index in [1.54, 1.807) is 26.0 Å². The third-order valence-corrected chi connectivity index (χ3v) is 7.46. The molecule has 1 amide bonds. The SMILES string of the molecule is CCOP(=O)(OCC)C1C[C@H]2CCC[C@@H](c3ccc(F)cc3)N2C1=O. The van der Waals surface area contributed by atoms with E-state index in [1.807, 2.05) is 4.90 Å². The van der Waals surface area contributed by atoms with Crippen molar-refractivity contribution in [1.29, 1.82) is 0 Å². The maximum absolute atomic E-state index is 13.2. The maximum Gasteiger partial charge on any atom is 0.343 e. The van der Waals surface area contributed by atoms with Crippen molar-refractivity contribution in [3.63, 3.8) is 0 Å². The topological polar surface area (TPSA) is 55.8 Å². The second-order valence-electron chi connectivity index (χ2n) is 6.52. The fourth-order valence-corrected chi connectivity index (χ4v) is 6.09. The van der Waals surface area contributed by atoms with Crippen LogP contribution < -0.4 is 0 Å². The zero-order valence-electron chi connectivity index (χ0n) is 14.7. The van der Waals surface area contributed by atoms with Gasteiger partial charge in [0.25, 0.3) is 0 Å². The molecule has 25 heavy (non-hydrogen) atoms. The van der Waals surface area contributed by atoms with Crippen molar-refractivity contribution in [2.45, 2.75) is 57.3 Å². The summed E-state index contributed by atoms with van der Waals surface area (Å²) in [6, 6.07) is 6.23. The second kappa shape index (κ2) is 7.56. The van der Waals surface area contributed by atoms with Gasteiger partial charge in [0.2, 0.25) is 5.91 Å². The highest BCUT2D eigenvalue weighted by molar-refractivity contribution is 7.55. The van der Waals surface area contributed by atoms with E-state index in [-0.39, 0.29) is 37.0 Å². The molecule has 1 aromatic carbocycles. The normalized spacial score (nSPS) is 26.8. The first-order valence-electron chi connectivity index (χ1n) is 8.96. The predicted molar refractivity (Wildman–Crippen MR) is 92.9 cm³/mol. The molecule has 3 atom stereocenters. The van der Waals surface area contributed by atoms with Crippen LogP contribution in [0.15, 0.2) is 24.3 Å². The Bertz CT molecular complexity index is 656. The molecule has 0 spiro atoms. The van der Waals surface area contributed by atoms with Gasteiger partial charge in [-0.25, -0.2) is 4.39 Å². The van der Waals surface area contributed by atoms with Gasteiger partial charge >= 0.3 is 7.60 Å². The number of nitrogens with zero attached hydrogens (tertiary/aromatic N) is 1. The lowest BCUT2D eigenvalue weighted by atomic mass is 9.92. The average Bonchev–Trinajstić information content (AvgIpc) is 2.94. The number of hydrogen-bond acceptors (Lipinski definition) is 4. The maximum atomic E-state index is 13.2. The van der Waals surface area contributed by atoms with Crippen LogP contribution in [0, 0.1) is 5.82 Å². The second-order valence-corrected chi connectivity index (χ2v) is 8.74. The molecule has 2 aliphatic heterocycles. The van der Waals surface area contributed by atoms with Gasteiger partial charge in [0.1, 0.15) is 11.5 Å². The molecule has 138 valence electrons. The molecule has 2 aliphatic rings. The van der Waals surface area contributed by atoms with E-state index in [9.17, 15) is 13.8 Å². The lowest BCUT2D eigenvalue weighted by Gasteiger charge is -2.38. The van der Waals surface area contributed by atoms with Gasteiger partial charge in [-0.05, 0) is 57.2 Å². The first-order chi connectivity index (χ1) is 12.0. The third-order valence-electron chi connectivity index (χ3n) is 5.03. The van der Waals surface area contributed by atoms with Gasteiger partial charge in [0.15, 0.2) is 0 Å². The van der Waals surface area contributed by atoms with E-state index in [0.29, 0.717) is 6.42 Å². The lowest BCUT2D eigenvalue weighted by Crippen LogP contribution is -2.41. The summed E-state index contributed by atoms with van der Waals surface area (Å²) in [5.41, 5.74) is 0.182. The highest BCUT2D eigenvalue weighted by Crippen LogP contribution is 2.59. The summed E-state index contributed by atoms with van der Waals surface area (Å²) < 4.78 is 37.2. The standard InChI is InChI=1S/C18H25FNO4P/c1-3-23-25(22,24-4-2)17-12-15-6-5-7-16(20(15)18(17)21)13-8-10-14(19)11-9-13/h8-11,15-17H,3-7,12H2,1-2H3/t15-,16+,17?/m1/s1. The highest BCUT2D eigenvalue weighted by Gasteiger charge is 2.53. The summed E-state index contributed by atoms with van der Waals surface area (Å²) in [5.74, 6) is -0.455. The molecule has 0 saturated carbocycles. The van der Waals surface area contributed by atoms with Gasteiger partial charge in [-0.3, -0.25) is 9.36 Å². The molecule has 2 saturated heterocycles. The molecule has 0 bridgehead atoms. The Morgan fingerprint density at radius 2 is 1.80 bits per heavy atom. The summed E-state index contributed by atoms with van der Waals surface area (Å²) >= 11 is 0. The fourth-order valence-electron chi connectivity index (χ4n) is 4.03. The third kappa shape index (κ3) is 3.53. The van der Waals surface area contributed by atoms with E-state index in [4.69, 9.17) is 9.05 Å². The van der Waals surface area contributed by atoms with E-state index in [0.717, 1.165) is 24.8 Å². The van der Waals surface area contributed by atoms with Crippen LogP contribution in [-0.4, -0.2) is 35.7 Å². The number of rotatable bonds is 6. The molecule has 0 N–H and O–H groups in total. The Kier molecular flexibility index (Phi) is 5.62. The van der Waals surface area contributed by atoms with Gasteiger partial charge in [-0.15, -0.1) is 0 Å². The highest BCUT2D eigenvalue weighted by atomic mass is 31.2. The minimum absolute atomic E-state index is 0.0375. The van der Waals surface area contributed by atoms with Gasteiger partial charge in [-0.1, -0.05) is 12.1 Å². The lowest BCUT2D eigenvalue weighted by molar-refractivity contribution is -0.132. The first kappa shape index (κ1) is 18.6.